The lowest BCUT2D eigenvalue weighted by Crippen LogP contribution is -1.99. The third-order valence-corrected chi connectivity index (χ3v) is 4.57. The quantitative estimate of drug-likeness (QED) is 0.537. The summed E-state index contributed by atoms with van der Waals surface area (Å²) >= 11 is 0. The van der Waals surface area contributed by atoms with Crippen molar-refractivity contribution in [2.45, 2.75) is 13.5 Å². The maximum Gasteiger partial charge on any atom is 0.216 e. The van der Waals surface area contributed by atoms with Crippen molar-refractivity contribution in [2.75, 3.05) is 21.3 Å². The normalized spacial score (nSPS) is 10.3. The molecule has 0 saturated carbocycles. The van der Waals surface area contributed by atoms with Crippen LogP contribution in [0.4, 0.5) is 0 Å². The Hall–Kier alpha value is -3.47. The zero-order valence-corrected chi connectivity index (χ0v) is 17.2. The third-order valence-electron chi connectivity index (χ3n) is 4.57. The molecule has 0 aliphatic heterocycles. The highest BCUT2D eigenvalue weighted by Crippen LogP contribution is 2.34. The molecule has 0 amide bonds. The average molecular weight is 391 g/mol. The first-order valence-corrected chi connectivity index (χ1v) is 9.20. The van der Waals surface area contributed by atoms with Gasteiger partial charge in [0.15, 0.2) is 11.5 Å². The van der Waals surface area contributed by atoms with Crippen molar-refractivity contribution in [3.8, 4) is 23.3 Å². The van der Waals surface area contributed by atoms with Crippen molar-refractivity contribution in [2.24, 2.45) is 0 Å². The van der Waals surface area contributed by atoms with Crippen molar-refractivity contribution in [1.29, 1.82) is 0 Å². The molecule has 0 aliphatic carbocycles. The van der Waals surface area contributed by atoms with Gasteiger partial charge in [0, 0.05) is 12.1 Å². The monoisotopic (exact) mass is 391 g/mol. The van der Waals surface area contributed by atoms with E-state index in [1.165, 1.54) is 5.56 Å². The van der Waals surface area contributed by atoms with Gasteiger partial charge in [0.1, 0.15) is 6.61 Å². The van der Waals surface area contributed by atoms with Crippen LogP contribution in [0.15, 0.2) is 61.2 Å². The zero-order chi connectivity index (χ0) is 20.8. The number of benzene rings is 2. The second-order valence-corrected chi connectivity index (χ2v) is 6.56. The minimum Gasteiger partial charge on any atom is -0.493 e. The Labute approximate surface area is 171 Å². The van der Waals surface area contributed by atoms with Gasteiger partial charge in [-0.3, -0.25) is 0 Å². The van der Waals surface area contributed by atoms with Crippen LogP contribution in [-0.4, -0.2) is 26.3 Å². The summed E-state index contributed by atoms with van der Waals surface area (Å²) in [5.41, 5.74) is 4.86. The maximum atomic E-state index is 6.04. The van der Waals surface area contributed by atoms with Crippen molar-refractivity contribution in [3.63, 3.8) is 0 Å². The summed E-state index contributed by atoms with van der Waals surface area (Å²) in [6.07, 6.45) is 0. The van der Waals surface area contributed by atoms with Gasteiger partial charge in [-0.1, -0.05) is 42.5 Å². The second-order valence-electron chi connectivity index (χ2n) is 6.56. The summed E-state index contributed by atoms with van der Waals surface area (Å²) in [6, 6.07) is 17.6. The number of rotatable bonds is 8. The first-order valence-electron chi connectivity index (χ1n) is 9.20. The number of hydrogen-bond acceptors (Lipinski definition) is 5. The van der Waals surface area contributed by atoms with Crippen LogP contribution in [0.1, 0.15) is 22.3 Å². The van der Waals surface area contributed by atoms with Crippen LogP contribution in [-0.2, 0) is 6.61 Å². The van der Waals surface area contributed by atoms with Gasteiger partial charge in [0.2, 0.25) is 11.8 Å². The van der Waals surface area contributed by atoms with Gasteiger partial charge >= 0.3 is 0 Å². The molecule has 2 aromatic carbocycles. The van der Waals surface area contributed by atoms with E-state index in [0.717, 1.165) is 22.3 Å². The number of nitrogens with zero attached hydrogens (tertiary/aromatic N) is 1. The molecule has 1 heterocycles. The molecular weight excluding hydrogens is 366 g/mol. The van der Waals surface area contributed by atoms with E-state index in [9.17, 15) is 0 Å². The number of aryl methyl sites for hydroxylation is 1. The Bertz CT molecular complexity index is 974. The van der Waals surface area contributed by atoms with Crippen LogP contribution in [0.5, 0.6) is 23.3 Å². The number of ether oxygens (including phenoxy) is 4. The molecule has 5 heteroatoms. The minimum absolute atomic E-state index is 0.448. The SMILES string of the molecule is C=C(c1cc(OC)nc(OC)c1)c1ccc(OC)c(OCc2ccc(C)cc2)c1. The van der Waals surface area contributed by atoms with E-state index in [0.29, 0.717) is 29.9 Å². The molecule has 150 valence electrons. The fourth-order valence-electron chi connectivity index (χ4n) is 2.85. The Morgan fingerprint density at radius 3 is 2.03 bits per heavy atom. The summed E-state index contributed by atoms with van der Waals surface area (Å²) in [4.78, 5) is 4.23. The highest BCUT2D eigenvalue weighted by Gasteiger charge is 2.12. The molecule has 0 unspecified atom stereocenters. The fourth-order valence-corrected chi connectivity index (χ4v) is 2.85. The summed E-state index contributed by atoms with van der Waals surface area (Å²) in [6.45, 7) is 6.74. The van der Waals surface area contributed by atoms with Gasteiger partial charge in [-0.05, 0) is 41.3 Å². The van der Waals surface area contributed by atoms with E-state index in [4.69, 9.17) is 18.9 Å². The molecule has 3 aromatic rings. The van der Waals surface area contributed by atoms with E-state index in [-0.39, 0.29) is 0 Å². The topological polar surface area (TPSA) is 49.8 Å². The molecule has 0 radical (unpaired) electrons. The van der Waals surface area contributed by atoms with Crippen LogP contribution >= 0.6 is 0 Å². The molecule has 29 heavy (non-hydrogen) atoms. The second kappa shape index (κ2) is 9.15. The Morgan fingerprint density at radius 1 is 0.793 bits per heavy atom. The van der Waals surface area contributed by atoms with Crippen molar-refractivity contribution < 1.29 is 18.9 Å². The Kier molecular flexibility index (Phi) is 6.39. The predicted octanol–water partition coefficient (Wildman–Crippen LogP) is 5.06. The van der Waals surface area contributed by atoms with Gasteiger partial charge in [-0.25, -0.2) is 0 Å². The van der Waals surface area contributed by atoms with Gasteiger partial charge in [-0.15, -0.1) is 0 Å². The number of aromatic nitrogens is 1. The average Bonchev–Trinajstić information content (AvgIpc) is 2.77. The lowest BCUT2D eigenvalue weighted by atomic mass is 10.00. The van der Waals surface area contributed by atoms with E-state index in [2.05, 4.69) is 42.8 Å². The van der Waals surface area contributed by atoms with Gasteiger partial charge in [-0.2, -0.15) is 4.98 Å². The third kappa shape index (κ3) is 4.88. The number of pyridine rings is 1. The molecule has 0 bridgehead atoms. The highest BCUT2D eigenvalue weighted by molar-refractivity contribution is 5.80. The lowest BCUT2D eigenvalue weighted by Gasteiger charge is -2.14. The first kappa shape index (κ1) is 20.3. The lowest BCUT2D eigenvalue weighted by molar-refractivity contribution is 0.284. The van der Waals surface area contributed by atoms with Crippen LogP contribution in [0, 0.1) is 6.92 Å². The smallest absolute Gasteiger partial charge is 0.216 e. The van der Waals surface area contributed by atoms with Gasteiger partial charge in [0.05, 0.1) is 21.3 Å². The van der Waals surface area contributed by atoms with E-state index in [1.54, 1.807) is 21.3 Å². The van der Waals surface area contributed by atoms with Crippen LogP contribution in [0.25, 0.3) is 5.57 Å². The fraction of sp³-hybridized carbons (Fsp3) is 0.208. The van der Waals surface area contributed by atoms with Crippen LogP contribution < -0.4 is 18.9 Å². The van der Waals surface area contributed by atoms with Gasteiger partial charge in [0.25, 0.3) is 0 Å². The Balaban J connectivity index is 1.87. The predicted molar refractivity (Wildman–Crippen MR) is 114 cm³/mol. The summed E-state index contributed by atoms with van der Waals surface area (Å²) in [5.74, 6) is 2.24. The summed E-state index contributed by atoms with van der Waals surface area (Å²) in [7, 11) is 4.76. The molecule has 0 atom stereocenters. The molecule has 0 fully saturated rings. The van der Waals surface area contributed by atoms with Crippen LogP contribution in [0.2, 0.25) is 0 Å². The largest absolute Gasteiger partial charge is 0.493 e. The standard InChI is InChI=1S/C24H25NO4/c1-16-6-8-18(9-7-16)15-29-22-12-19(10-11-21(22)26-3)17(2)20-13-23(27-4)25-24(14-20)28-5/h6-14H,2,15H2,1,3-5H3. The van der Waals surface area contributed by atoms with Crippen molar-refractivity contribution in [1.82, 2.24) is 4.98 Å². The zero-order valence-electron chi connectivity index (χ0n) is 17.2. The summed E-state index contributed by atoms with van der Waals surface area (Å²) in [5, 5.41) is 0. The molecule has 0 aliphatic rings. The van der Waals surface area contributed by atoms with Crippen LogP contribution in [0.3, 0.4) is 0 Å². The van der Waals surface area contributed by atoms with Gasteiger partial charge < -0.3 is 18.9 Å². The van der Waals surface area contributed by atoms with Crippen molar-refractivity contribution in [3.05, 3.63) is 83.4 Å². The highest BCUT2D eigenvalue weighted by atomic mass is 16.5. The minimum atomic E-state index is 0.448. The molecule has 5 nitrogen and oxygen atoms in total. The molecule has 0 saturated heterocycles. The summed E-state index contributed by atoms with van der Waals surface area (Å²) < 4.78 is 22.0. The first-order chi connectivity index (χ1) is 14.0. The Morgan fingerprint density at radius 2 is 1.45 bits per heavy atom. The molecular formula is C24H25NO4. The molecule has 3 rings (SSSR count). The number of hydrogen-bond donors (Lipinski definition) is 0. The van der Waals surface area contributed by atoms with Crippen molar-refractivity contribution >= 4 is 5.57 Å². The number of methoxy groups -OCH3 is 3. The maximum absolute atomic E-state index is 6.04. The molecule has 1 aromatic heterocycles. The molecule has 0 spiro atoms. The molecule has 0 N–H and O–H groups in total. The van der Waals surface area contributed by atoms with E-state index >= 15 is 0 Å². The van der Waals surface area contributed by atoms with E-state index in [1.807, 2.05) is 30.3 Å². The van der Waals surface area contributed by atoms with E-state index < -0.39 is 0 Å².